The third-order valence-electron chi connectivity index (χ3n) is 5.95. The number of rotatable bonds is 4. The van der Waals surface area contributed by atoms with Crippen LogP contribution >= 0.6 is 0 Å². The van der Waals surface area contributed by atoms with E-state index in [1.54, 1.807) is 6.07 Å². The van der Waals surface area contributed by atoms with Crippen molar-refractivity contribution >= 4 is 27.9 Å². The SMILES string of the molecule is O=C(O)c1ccc2c(Cc3cccc4[nH]nnc34)cn(C3CCCCC3)c2c1. The van der Waals surface area contributed by atoms with E-state index in [4.69, 9.17) is 0 Å². The lowest BCUT2D eigenvalue weighted by Crippen LogP contribution is -2.12. The number of aromatic amines is 1. The number of carboxylic acid groups (broad SMARTS) is 1. The second-order valence-electron chi connectivity index (χ2n) is 7.69. The van der Waals surface area contributed by atoms with Gasteiger partial charge in [-0.25, -0.2) is 4.79 Å². The van der Waals surface area contributed by atoms with Crippen LogP contribution < -0.4 is 0 Å². The van der Waals surface area contributed by atoms with Crippen molar-refractivity contribution in [1.29, 1.82) is 0 Å². The van der Waals surface area contributed by atoms with Crippen molar-refractivity contribution in [2.45, 2.75) is 44.6 Å². The quantitative estimate of drug-likeness (QED) is 0.542. The lowest BCUT2D eigenvalue weighted by Gasteiger charge is -2.24. The number of aromatic carboxylic acids is 1. The Morgan fingerprint density at radius 1 is 1.14 bits per heavy atom. The molecular formula is C22H22N4O2. The van der Waals surface area contributed by atoms with Gasteiger partial charge in [0.2, 0.25) is 0 Å². The van der Waals surface area contributed by atoms with Crippen molar-refractivity contribution in [2.75, 3.05) is 0 Å². The van der Waals surface area contributed by atoms with E-state index in [1.807, 2.05) is 24.3 Å². The fourth-order valence-electron chi connectivity index (χ4n) is 4.54. The molecule has 0 amide bonds. The number of hydrogen-bond donors (Lipinski definition) is 2. The number of hydrogen-bond acceptors (Lipinski definition) is 3. The molecule has 1 saturated carbocycles. The summed E-state index contributed by atoms with van der Waals surface area (Å²) in [5.74, 6) is -0.882. The predicted molar refractivity (Wildman–Crippen MR) is 108 cm³/mol. The van der Waals surface area contributed by atoms with E-state index in [0.29, 0.717) is 11.6 Å². The molecule has 6 nitrogen and oxygen atoms in total. The molecule has 1 fully saturated rings. The summed E-state index contributed by atoms with van der Waals surface area (Å²) in [6, 6.07) is 12.0. The van der Waals surface area contributed by atoms with E-state index in [-0.39, 0.29) is 0 Å². The van der Waals surface area contributed by atoms with Crippen LogP contribution in [0, 0.1) is 0 Å². The number of benzene rings is 2. The molecular weight excluding hydrogens is 352 g/mol. The first-order chi connectivity index (χ1) is 13.7. The van der Waals surface area contributed by atoms with Crippen molar-refractivity contribution in [3.8, 4) is 0 Å². The standard InChI is InChI=1S/C22H22N4O2/c27-22(28)15-9-10-18-16(11-14-5-4-8-19-21(14)24-25-23-19)13-26(20(18)12-15)17-6-2-1-3-7-17/h4-5,8-10,12-13,17H,1-3,6-7,11H2,(H,27,28)(H,23,24,25). The van der Waals surface area contributed by atoms with E-state index in [9.17, 15) is 9.90 Å². The third-order valence-corrected chi connectivity index (χ3v) is 5.95. The first-order valence-corrected chi connectivity index (χ1v) is 9.86. The van der Waals surface area contributed by atoms with Gasteiger partial charge in [-0.05, 0) is 42.2 Å². The van der Waals surface area contributed by atoms with E-state index < -0.39 is 5.97 Å². The molecule has 5 rings (SSSR count). The van der Waals surface area contributed by atoms with Gasteiger partial charge in [0.1, 0.15) is 5.52 Å². The molecule has 1 aliphatic carbocycles. The summed E-state index contributed by atoms with van der Waals surface area (Å²) in [6.45, 7) is 0. The number of fused-ring (bicyclic) bond motifs is 2. The van der Waals surface area contributed by atoms with Gasteiger partial charge in [-0.3, -0.25) is 5.10 Å². The van der Waals surface area contributed by atoms with Gasteiger partial charge in [-0.2, -0.15) is 0 Å². The van der Waals surface area contributed by atoms with E-state index in [0.717, 1.165) is 46.8 Å². The van der Waals surface area contributed by atoms with Crippen LogP contribution in [0.25, 0.3) is 21.9 Å². The summed E-state index contributed by atoms with van der Waals surface area (Å²) in [5.41, 5.74) is 5.51. The largest absolute Gasteiger partial charge is 0.478 e. The van der Waals surface area contributed by atoms with Crippen LogP contribution in [0.15, 0.2) is 42.6 Å². The Morgan fingerprint density at radius 3 is 2.82 bits per heavy atom. The summed E-state index contributed by atoms with van der Waals surface area (Å²) in [5, 5.41) is 21.7. The zero-order valence-corrected chi connectivity index (χ0v) is 15.6. The molecule has 0 radical (unpaired) electrons. The second-order valence-corrected chi connectivity index (χ2v) is 7.69. The van der Waals surface area contributed by atoms with E-state index >= 15 is 0 Å². The van der Waals surface area contributed by atoms with Crippen molar-refractivity contribution in [3.05, 3.63) is 59.3 Å². The fourth-order valence-corrected chi connectivity index (χ4v) is 4.54. The number of nitrogens with zero attached hydrogens (tertiary/aromatic N) is 3. The molecule has 2 N–H and O–H groups in total. The monoisotopic (exact) mass is 374 g/mol. The van der Waals surface area contributed by atoms with Crippen molar-refractivity contribution in [2.24, 2.45) is 0 Å². The van der Waals surface area contributed by atoms with Gasteiger partial charge in [0.15, 0.2) is 0 Å². The minimum Gasteiger partial charge on any atom is -0.478 e. The topological polar surface area (TPSA) is 83.8 Å². The maximum Gasteiger partial charge on any atom is 0.335 e. The van der Waals surface area contributed by atoms with Crippen LogP contribution in [-0.4, -0.2) is 31.1 Å². The van der Waals surface area contributed by atoms with Crippen molar-refractivity contribution < 1.29 is 9.90 Å². The van der Waals surface area contributed by atoms with Crippen LogP contribution in [0.5, 0.6) is 0 Å². The van der Waals surface area contributed by atoms with Crippen molar-refractivity contribution in [1.82, 2.24) is 20.0 Å². The Morgan fingerprint density at radius 2 is 2.00 bits per heavy atom. The number of nitrogens with one attached hydrogen (secondary N) is 1. The molecule has 0 atom stereocenters. The highest BCUT2D eigenvalue weighted by atomic mass is 16.4. The lowest BCUT2D eigenvalue weighted by molar-refractivity contribution is 0.0697. The van der Waals surface area contributed by atoms with Crippen molar-refractivity contribution in [3.63, 3.8) is 0 Å². The Labute approximate surface area is 162 Å². The fraction of sp³-hybridized carbons (Fsp3) is 0.318. The van der Waals surface area contributed by atoms with Gasteiger partial charge in [0.05, 0.1) is 11.1 Å². The number of carbonyl (C=O) groups is 1. The zero-order valence-electron chi connectivity index (χ0n) is 15.6. The molecule has 0 aliphatic heterocycles. The first kappa shape index (κ1) is 17.0. The van der Waals surface area contributed by atoms with Crippen LogP contribution in [0.2, 0.25) is 0 Å². The van der Waals surface area contributed by atoms with Gasteiger partial charge < -0.3 is 9.67 Å². The minimum atomic E-state index is -0.882. The van der Waals surface area contributed by atoms with Gasteiger partial charge in [-0.1, -0.05) is 42.7 Å². The molecule has 2 aromatic heterocycles. The third kappa shape index (κ3) is 2.85. The maximum atomic E-state index is 11.5. The average Bonchev–Trinajstić information content (AvgIpc) is 3.34. The Hall–Kier alpha value is -3.15. The number of aromatic nitrogens is 4. The zero-order chi connectivity index (χ0) is 19.1. The number of carboxylic acids is 1. The highest BCUT2D eigenvalue weighted by Gasteiger charge is 2.20. The van der Waals surface area contributed by atoms with Crippen LogP contribution in [-0.2, 0) is 6.42 Å². The second kappa shape index (κ2) is 6.78. The highest BCUT2D eigenvalue weighted by Crippen LogP contribution is 2.35. The molecule has 28 heavy (non-hydrogen) atoms. The molecule has 2 aromatic carbocycles. The molecule has 142 valence electrons. The van der Waals surface area contributed by atoms with Crippen LogP contribution in [0.4, 0.5) is 0 Å². The average molecular weight is 374 g/mol. The summed E-state index contributed by atoms with van der Waals surface area (Å²) in [4.78, 5) is 11.5. The lowest BCUT2D eigenvalue weighted by atomic mass is 9.95. The van der Waals surface area contributed by atoms with E-state index in [1.165, 1.54) is 24.8 Å². The summed E-state index contributed by atoms with van der Waals surface area (Å²) in [6.07, 6.45) is 9.03. The van der Waals surface area contributed by atoms with E-state index in [2.05, 4.69) is 32.2 Å². The minimum absolute atomic E-state index is 0.341. The molecule has 0 spiro atoms. The highest BCUT2D eigenvalue weighted by molar-refractivity contribution is 5.95. The predicted octanol–water partition coefficient (Wildman–Crippen LogP) is 4.71. The van der Waals surface area contributed by atoms with Gasteiger partial charge in [0.25, 0.3) is 0 Å². The van der Waals surface area contributed by atoms with Crippen LogP contribution in [0.1, 0.15) is 59.6 Å². The Kier molecular flexibility index (Phi) is 4.11. The summed E-state index contributed by atoms with van der Waals surface area (Å²) >= 11 is 0. The van der Waals surface area contributed by atoms with Gasteiger partial charge in [-0.15, -0.1) is 5.10 Å². The first-order valence-electron chi connectivity index (χ1n) is 9.86. The summed E-state index contributed by atoms with van der Waals surface area (Å²) in [7, 11) is 0. The molecule has 6 heteroatoms. The number of H-pyrrole nitrogens is 1. The molecule has 4 aromatic rings. The molecule has 1 aliphatic rings. The van der Waals surface area contributed by atoms with Gasteiger partial charge in [0, 0.05) is 29.6 Å². The Bertz CT molecular complexity index is 1170. The Balaban J connectivity index is 1.64. The normalized spacial score (nSPS) is 15.4. The molecule has 0 saturated heterocycles. The summed E-state index contributed by atoms with van der Waals surface area (Å²) < 4.78 is 2.32. The molecule has 0 unspecified atom stereocenters. The van der Waals surface area contributed by atoms with Crippen LogP contribution in [0.3, 0.4) is 0 Å². The smallest absolute Gasteiger partial charge is 0.335 e. The molecule has 2 heterocycles. The van der Waals surface area contributed by atoms with Gasteiger partial charge >= 0.3 is 5.97 Å². The maximum absolute atomic E-state index is 11.5. The molecule has 0 bridgehead atoms.